The highest BCUT2D eigenvalue weighted by molar-refractivity contribution is 5.75. The van der Waals surface area contributed by atoms with E-state index in [0.29, 0.717) is 19.0 Å². The van der Waals surface area contributed by atoms with Gasteiger partial charge in [-0.3, -0.25) is 4.79 Å². The lowest BCUT2D eigenvalue weighted by Crippen LogP contribution is -2.27. The number of nitrogens with two attached hydrogens (primary N) is 1. The lowest BCUT2D eigenvalue weighted by molar-refractivity contribution is -0.121. The number of likely N-dealkylation sites (N-methyl/N-ethyl adjacent to an activating group) is 1. The summed E-state index contributed by atoms with van der Waals surface area (Å²) in [5, 5.41) is 2.60. The van der Waals surface area contributed by atoms with Crippen LogP contribution in [0.2, 0.25) is 0 Å². The van der Waals surface area contributed by atoms with Gasteiger partial charge in [-0.05, 0) is 5.92 Å². The molecule has 0 bridgehead atoms. The van der Waals surface area contributed by atoms with E-state index in [1.165, 1.54) is 0 Å². The maximum Gasteiger partial charge on any atom is 0.239 e. The summed E-state index contributed by atoms with van der Waals surface area (Å²) >= 11 is 0. The van der Waals surface area contributed by atoms with Crippen molar-refractivity contribution in [3.05, 3.63) is 18.2 Å². The summed E-state index contributed by atoms with van der Waals surface area (Å²) in [6.45, 7) is 5.11. The second-order valence-corrected chi connectivity index (χ2v) is 4.21. The van der Waals surface area contributed by atoms with Gasteiger partial charge in [0.25, 0.3) is 0 Å². The maximum atomic E-state index is 11.3. The van der Waals surface area contributed by atoms with Crippen molar-refractivity contribution in [2.75, 3.05) is 13.6 Å². The van der Waals surface area contributed by atoms with Crippen LogP contribution in [0.3, 0.4) is 0 Å². The van der Waals surface area contributed by atoms with Crippen molar-refractivity contribution in [3.63, 3.8) is 0 Å². The molecule has 0 aliphatic heterocycles. The quantitative estimate of drug-likeness (QED) is 0.757. The minimum Gasteiger partial charge on any atom is -0.358 e. The van der Waals surface area contributed by atoms with E-state index in [4.69, 9.17) is 5.73 Å². The van der Waals surface area contributed by atoms with Crippen molar-refractivity contribution in [2.45, 2.75) is 26.3 Å². The Morgan fingerprint density at radius 1 is 1.62 bits per heavy atom. The molecule has 1 atom stereocenters. The third kappa shape index (κ3) is 2.82. The Bertz CT molecular complexity index is 346. The predicted molar refractivity (Wildman–Crippen MR) is 62.9 cm³/mol. The minimum atomic E-state index is -0.0289. The first-order valence-electron chi connectivity index (χ1n) is 5.50. The minimum absolute atomic E-state index is 0.0289. The van der Waals surface area contributed by atoms with Gasteiger partial charge in [-0.15, -0.1) is 0 Å². The molecule has 0 spiro atoms. The van der Waals surface area contributed by atoms with Gasteiger partial charge in [0, 0.05) is 31.4 Å². The van der Waals surface area contributed by atoms with E-state index >= 15 is 0 Å². The van der Waals surface area contributed by atoms with Crippen LogP contribution in [0, 0.1) is 5.92 Å². The number of amides is 1. The zero-order chi connectivity index (χ0) is 12.1. The second-order valence-electron chi connectivity index (χ2n) is 4.21. The molecule has 0 aliphatic rings. The molecule has 0 saturated carbocycles. The zero-order valence-corrected chi connectivity index (χ0v) is 10.1. The first-order valence-corrected chi connectivity index (χ1v) is 5.50. The number of carbonyl (C=O) groups excluding carboxylic acids is 1. The standard InChI is InChI=1S/C11H20N4O/c1-8(2)9(4-12)10-5-14-7-15(10)6-11(16)13-3/h5,7-9H,4,6,12H2,1-3H3,(H,13,16). The van der Waals surface area contributed by atoms with Gasteiger partial charge in [-0.25, -0.2) is 4.98 Å². The van der Waals surface area contributed by atoms with Crippen LogP contribution in [-0.4, -0.2) is 29.1 Å². The SMILES string of the molecule is CNC(=O)Cn1cncc1C(CN)C(C)C. The van der Waals surface area contributed by atoms with Crippen LogP contribution in [0.15, 0.2) is 12.5 Å². The number of rotatable bonds is 5. The average molecular weight is 224 g/mol. The van der Waals surface area contributed by atoms with E-state index in [-0.39, 0.29) is 11.8 Å². The number of carbonyl (C=O) groups is 1. The molecular formula is C11H20N4O. The number of nitrogens with zero attached hydrogens (tertiary/aromatic N) is 2. The first-order chi connectivity index (χ1) is 7.60. The van der Waals surface area contributed by atoms with Gasteiger partial charge in [0.1, 0.15) is 6.54 Å². The van der Waals surface area contributed by atoms with Gasteiger partial charge in [-0.1, -0.05) is 13.8 Å². The van der Waals surface area contributed by atoms with E-state index in [2.05, 4.69) is 24.1 Å². The lowest BCUT2D eigenvalue weighted by atomic mass is 9.93. The molecule has 5 nitrogen and oxygen atoms in total. The summed E-state index contributed by atoms with van der Waals surface area (Å²) in [5.74, 6) is 0.649. The third-order valence-electron chi connectivity index (χ3n) is 2.78. The van der Waals surface area contributed by atoms with E-state index in [1.54, 1.807) is 19.6 Å². The fourth-order valence-corrected chi connectivity index (χ4v) is 1.74. The van der Waals surface area contributed by atoms with Crippen molar-refractivity contribution in [1.82, 2.24) is 14.9 Å². The van der Waals surface area contributed by atoms with Crippen LogP contribution in [-0.2, 0) is 11.3 Å². The van der Waals surface area contributed by atoms with Gasteiger partial charge in [0.2, 0.25) is 5.91 Å². The molecular weight excluding hydrogens is 204 g/mol. The summed E-state index contributed by atoms with van der Waals surface area (Å²) in [4.78, 5) is 15.4. The molecule has 0 radical (unpaired) electrons. The maximum absolute atomic E-state index is 11.3. The number of hydrogen-bond donors (Lipinski definition) is 2. The smallest absolute Gasteiger partial charge is 0.239 e. The molecule has 3 N–H and O–H groups in total. The van der Waals surface area contributed by atoms with E-state index in [9.17, 15) is 4.79 Å². The largest absolute Gasteiger partial charge is 0.358 e. The first kappa shape index (κ1) is 12.7. The van der Waals surface area contributed by atoms with Crippen molar-refractivity contribution in [1.29, 1.82) is 0 Å². The predicted octanol–water partition coefficient (Wildman–Crippen LogP) is 0.327. The summed E-state index contributed by atoms with van der Waals surface area (Å²) in [6, 6.07) is 0. The third-order valence-corrected chi connectivity index (χ3v) is 2.78. The lowest BCUT2D eigenvalue weighted by Gasteiger charge is -2.20. The molecule has 0 saturated heterocycles. The van der Waals surface area contributed by atoms with Crippen LogP contribution >= 0.6 is 0 Å². The molecule has 1 aromatic heterocycles. The zero-order valence-electron chi connectivity index (χ0n) is 10.1. The monoisotopic (exact) mass is 224 g/mol. The highest BCUT2D eigenvalue weighted by atomic mass is 16.1. The molecule has 1 aromatic rings. The summed E-state index contributed by atoms with van der Waals surface area (Å²) in [7, 11) is 1.63. The fraction of sp³-hybridized carbons (Fsp3) is 0.636. The van der Waals surface area contributed by atoms with Crippen molar-refractivity contribution in [2.24, 2.45) is 11.7 Å². The molecule has 0 aliphatic carbocycles. The molecule has 1 amide bonds. The fourth-order valence-electron chi connectivity index (χ4n) is 1.74. The van der Waals surface area contributed by atoms with Crippen LogP contribution in [0.4, 0.5) is 0 Å². The van der Waals surface area contributed by atoms with E-state index in [1.807, 2.05) is 4.57 Å². The molecule has 0 fully saturated rings. The number of imidazole rings is 1. The van der Waals surface area contributed by atoms with Crippen molar-refractivity contribution in [3.8, 4) is 0 Å². The molecule has 0 aromatic carbocycles. The van der Waals surface area contributed by atoms with Gasteiger partial charge in [0.15, 0.2) is 0 Å². The van der Waals surface area contributed by atoms with E-state index in [0.717, 1.165) is 5.69 Å². The van der Waals surface area contributed by atoms with Crippen molar-refractivity contribution < 1.29 is 4.79 Å². The Morgan fingerprint density at radius 3 is 2.81 bits per heavy atom. The molecule has 90 valence electrons. The van der Waals surface area contributed by atoms with Gasteiger partial charge < -0.3 is 15.6 Å². The van der Waals surface area contributed by atoms with Gasteiger partial charge >= 0.3 is 0 Å². The summed E-state index contributed by atoms with van der Waals surface area (Å²) in [5.41, 5.74) is 6.78. The molecule has 1 heterocycles. The van der Waals surface area contributed by atoms with Gasteiger partial charge in [-0.2, -0.15) is 0 Å². The Kier molecular flexibility index (Phi) is 4.49. The van der Waals surface area contributed by atoms with Crippen LogP contribution in [0.25, 0.3) is 0 Å². The Hall–Kier alpha value is -1.36. The molecule has 1 rings (SSSR count). The highest BCUT2D eigenvalue weighted by Crippen LogP contribution is 2.22. The topological polar surface area (TPSA) is 72.9 Å². The van der Waals surface area contributed by atoms with Gasteiger partial charge in [0.05, 0.1) is 6.33 Å². The molecule has 1 unspecified atom stereocenters. The number of aromatic nitrogens is 2. The van der Waals surface area contributed by atoms with Crippen LogP contribution < -0.4 is 11.1 Å². The average Bonchev–Trinajstić information content (AvgIpc) is 2.67. The Labute approximate surface area is 96.0 Å². The molecule has 16 heavy (non-hydrogen) atoms. The Morgan fingerprint density at radius 2 is 2.31 bits per heavy atom. The normalized spacial score (nSPS) is 12.8. The second kappa shape index (κ2) is 5.65. The number of hydrogen-bond acceptors (Lipinski definition) is 3. The summed E-state index contributed by atoms with van der Waals surface area (Å²) < 4.78 is 1.86. The van der Waals surface area contributed by atoms with Crippen LogP contribution in [0.1, 0.15) is 25.5 Å². The highest BCUT2D eigenvalue weighted by Gasteiger charge is 2.18. The number of nitrogens with one attached hydrogen (secondary N) is 1. The molecule has 5 heteroatoms. The summed E-state index contributed by atoms with van der Waals surface area (Å²) in [6.07, 6.45) is 3.47. The van der Waals surface area contributed by atoms with Crippen LogP contribution in [0.5, 0.6) is 0 Å². The Balaban J connectivity index is 2.88. The van der Waals surface area contributed by atoms with Crippen molar-refractivity contribution >= 4 is 5.91 Å². The van der Waals surface area contributed by atoms with E-state index < -0.39 is 0 Å².